The maximum absolute atomic E-state index is 12.4. The summed E-state index contributed by atoms with van der Waals surface area (Å²) in [5.41, 5.74) is 8.26. The minimum atomic E-state index is 0. The Morgan fingerprint density at radius 2 is 2.08 bits per heavy atom. The molecule has 1 amide bonds. The van der Waals surface area contributed by atoms with Crippen molar-refractivity contribution >= 4 is 48.0 Å². The molecular weight excluding hydrogens is 393 g/mol. The first-order valence-corrected chi connectivity index (χ1v) is 9.45. The Morgan fingerprint density at radius 3 is 2.81 bits per heavy atom. The molecule has 148 valence electrons. The van der Waals surface area contributed by atoms with Crippen molar-refractivity contribution in [2.24, 2.45) is 23.5 Å². The zero-order valence-corrected chi connectivity index (χ0v) is 17.6. The van der Waals surface area contributed by atoms with Crippen LogP contribution in [0.2, 0.25) is 5.02 Å². The third-order valence-corrected chi connectivity index (χ3v) is 5.90. The molecule has 1 saturated heterocycles. The number of anilines is 1. The molecule has 1 aliphatic carbocycles. The van der Waals surface area contributed by atoms with Crippen molar-refractivity contribution in [3.63, 3.8) is 0 Å². The summed E-state index contributed by atoms with van der Waals surface area (Å²) in [4.78, 5) is 14.8. The van der Waals surface area contributed by atoms with E-state index in [1.807, 2.05) is 12.1 Å². The third kappa shape index (κ3) is 5.41. The van der Waals surface area contributed by atoms with E-state index in [2.05, 4.69) is 23.2 Å². The number of amides is 1. The molecule has 0 radical (unpaired) electrons. The van der Waals surface area contributed by atoms with Gasteiger partial charge in [0, 0.05) is 36.3 Å². The Morgan fingerprint density at radius 1 is 1.31 bits per heavy atom. The predicted molar refractivity (Wildman–Crippen MR) is 114 cm³/mol. The van der Waals surface area contributed by atoms with Gasteiger partial charge in [0.2, 0.25) is 5.91 Å². The van der Waals surface area contributed by atoms with E-state index in [-0.39, 0.29) is 36.6 Å². The zero-order chi connectivity index (χ0) is 17.1. The lowest BCUT2D eigenvalue weighted by Gasteiger charge is -2.22. The summed E-state index contributed by atoms with van der Waals surface area (Å²) in [6, 6.07) is 6.05. The highest BCUT2D eigenvalue weighted by Gasteiger charge is 2.32. The van der Waals surface area contributed by atoms with Crippen molar-refractivity contribution in [3.8, 4) is 0 Å². The molecule has 1 heterocycles. The van der Waals surface area contributed by atoms with E-state index in [0.717, 1.165) is 50.3 Å². The van der Waals surface area contributed by atoms with E-state index in [9.17, 15) is 4.79 Å². The summed E-state index contributed by atoms with van der Waals surface area (Å²) in [5, 5.41) is 3.96. The van der Waals surface area contributed by atoms with E-state index in [1.54, 1.807) is 0 Å². The van der Waals surface area contributed by atoms with Gasteiger partial charge in [-0.15, -0.1) is 24.8 Å². The quantitative estimate of drug-likeness (QED) is 0.758. The number of carbonyl (C=O) groups excluding carboxylic acids is 1. The topological polar surface area (TPSA) is 58.4 Å². The first kappa shape index (κ1) is 23.4. The number of rotatable bonds is 5. The monoisotopic (exact) mass is 421 g/mol. The zero-order valence-electron chi connectivity index (χ0n) is 15.2. The fourth-order valence-corrected chi connectivity index (χ4v) is 4.35. The van der Waals surface area contributed by atoms with Gasteiger partial charge in [0.1, 0.15) is 0 Å². The van der Waals surface area contributed by atoms with Crippen molar-refractivity contribution < 1.29 is 4.79 Å². The highest BCUT2D eigenvalue weighted by molar-refractivity contribution is 6.30. The molecule has 3 N–H and O–H groups in total. The summed E-state index contributed by atoms with van der Waals surface area (Å²) >= 11 is 6.14. The van der Waals surface area contributed by atoms with Gasteiger partial charge in [0.15, 0.2) is 0 Å². The van der Waals surface area contributed by atoms with E-state index in [1.165, 1.54) is 11.3 Å². The number of hydrogen-bond donors (Lipinski definition) is 2. The van der Waals surface area contributed by atoms with Gasteiger partial charge in [-0.3, -0.25) is 4.79 Å². The Kier molecular flexibility index (Phi) is 9.53. The molecule has 1 aliphatic heterocycles. The standard InChI is InChI=1S/C19H28ClN3O.2ClH/c1-13-5-6-16(20)9-18(13)23-8-7-14(12-23)11-22-19(24)17-4-2-3-15(17)10-21;;/h5-6,9,14-15,17H,2-4,7-8,10-12,21H2,1H3,(H,22,24);2*1H/t14?,15-,17-;;/m1../s1. The Bertz CT molecular complexity index is 599. The van der Waals surface area contributed by atoms with E-state index in [0.29, 0.717) is 18.4 Å². The van der Waals surface area contributed by atoms with E-state index >= 15 is 0 Å². The predicted octanol–water partition coefficient (Wildman–Crippen LogP) is 3.81. The van der Waals surface area contributed by atoms with Crippen LogP contribution in [0.5, 0.6) is 0 Å². The normalized spacial score (nSPS) is 24.7. The van der Waals surface area contributed by atoms with Crippen LogP contribution < -0.4 is 16.0 Å². The van der Waals surface area contributed by atoms with Crippen molar-refractivity contribution in [1.29, 1.82) is 0 Å². The SMILES string of the molecule is Cc1ccc(Cl)cc1N1CCC(CNC(=O)[C@@H]2CCC[C@@H]2CN)C1.Cl.Cl. The second-order valence-electron chi connectivity index (χ2n) is 7.31. The third-order valence-electron chi connectivity index (χ3n) is 5.66. The van der Waals surface area contributed by atoms with Crippen LogP contribution in [0.1, 0.15) is 31.2 Å². The largest absolute Gasteiger partial charge is 0.371 e. The van der Waals surface area contributed by atoms with Gasteiger partial charge in [-0.2, -0.15) is 0 Å². The minimum Gasteiger partial charge on any atom is -0.371 e. The van der Waals surface area contributed by atoms with Crippen LogP contribution in [0, 0.1) is 24.7 Å². The molecule has 3 atom stereocenters. The van der Waals surface area contributed by atoms with Crippen LogP contribution in [-0.4, -0.2) is 32.1 Å². The van der Waals surface area contributed by atoms with Crippen LogP contribution in [0.25, 0.3) is 0 Å². The molecule has 0 bridgehead atoms. The molecule has 1 aromatic carbocycles. The number of carbonyl (C=O) groups is 1. The Balaban J connectivity index is 0.00000169. The van der Waals surface area contributed by atoms with Gasteiger partial charge in [0.05, 0.1) is 0 Å². The second kappa shape index (κ2) is 10.6. The van der Waals surface area contributed by atoms with Crippen LogP contribution in [0.4, 0.5) is 5.69 Å². The average Bonchev–Trinajstić information content (AvgIpc) is 3.23. The summed E-state index contributed by atoms with van der Waals surface area (Å²) < 4.78 is 0. The fraction of sp³-hybridized carbons (Fsp3) is 0.632. The highest BCUT2D eigenvalue weighted by Crippen LogP contribution is 2.32. The summed E-state index contributed by atoms with van der Waals surface area (Å²) in [5.74, 6) is 1.22. The number of nitrogens with two attached hydrogens (primary N) is 1. The lowest BCUT2D eigenvalue weighted by Crippen LogP contribution is -2.38. The van der Waals surface area contributed by atoms with Gasteiger partial charge in [-0.25, -0.2) is 0 Å². The lowest BCUT2D eigenvalue weighted by molar-refractivity contribution is -0.126. The maximum atomic E-state index is 12.4. The molecule has 2 aliphatic rings. The van der Waals surface area contributed by atoms with E-state index < -0.39 is 0 Å². The molecule has 0 aromatic heterocycles. The number of aryl methyl sites for hydroxylation is 1. The molecule has 0 spiro atoms. The number of benzene rings is 1. The molecule has 1 saturated carbocycles. The molecule has 2 fully saturated rings. The van der Waals surface area contributed by atoms with Crippen LogP contribution in [-0.2, 0) is 4.79 Å². The lowest BCUT2D eigenvalue weighted by atomic mass is 9.95. The molecule has 1 unspecified atom stereocenters. The molecule has 26 heavy (non-hydrogen) atoms. The smallest absolute Gasteiger partial charge is 0.223 e. The Labute approximate surface area is 174 Å². The Hall–Kier alpha value is -0.680. The van der Waals surface area contributed by atoms with Crippen LogP contribution in [0.3, 0.4) is 0 Å². The maximum Gasteiger partial charge on any atom is 0.223 e. The second-order valence-corrected chi connectivity index (χ2v) is 7.75. The van der Waals surface area contributed by atoms with Gasteiger partial charge in [-0.1, -0.05) is 24.1 Å². The van der Waals surface area contributed by atoms with Crippen molar-refractivity contribution in [3.05, 3.63) is 28.8 Å². The molecular formula is C19H30Cl3N3O. The number of hydrogen-bond acceptors (Lipinski definition) is 3. The number of nitrogens with one attached hydrogen (secondary N) is 1. The van der Waals surface area contributed by atoms with Gasteiger partial charge in [-0.05, 0) is 62.3 Å². The van der Waals surface area contributed by atoms with Crippen molar-refractivity contribution in [2.45, 2.75) is 32.6 Å². The number of halogens is 3. The molecule has 1 aromatic rings. The first-order chi connectivity index (χ1) is 11.6. The number of nitrogens with zero attached hydrogens (tertiary/aromatic N) is 1. The van der Waals surface area contributed by atoms with Gasteiger partial charge < -0.3 is 16.0 Å². The molecule has 7 heteroatoms. The summed E-state index contributed by atoms with van der Waals surface area (Å²) in [7, 11) is 0. The highest BCUT2D eigenvalue weighted by atomic mass is 35.5. The fourth-order valence-electron chi connectivity index (χ4n) is 4.18. The molecule has 3 rings (SSSR count). The van der Waals surface area contributed by atoms with Crippen molar-refractivity contribution in [2.75, 3.05) is 31.1 Å². The first-order valence-electron chi connectivity index (χ1n) is 9.07. The average molecular weight is 423 g/mol. The van der Waals surface area contributed by atoms with Crippen LogP contribution in [0.15, 0.2) is 18.2 Å². The minimum absolute atomic E-state index is 0. The van der Waals surface area contributed by atoms with Crippen molar-refractivity contribution in [1.82, 2.24) is 5.32 Å². The van der Waals surface area contributed by atoms with E-state index in [4.69, 9.17) is 17.3 Å². The van der Waals surface area contributed by atoms with Crippen LogP contribution >= 0.6 is 36.4 Å². The van der Waals surface area contributed by atoms with Gasteiger partial charge in [0.25, 0.3) is 0 Å². The summed E-state index contributed by atoms with van der Waals surface area (Å²) in [6.07, 6.45) is 4.33. The molecule has 4 nitrogen and oxygen atoms in total. The van der Waals surface area contributed by atoms with Gasteiger partial charge >= 0.3 is 0 Å². The summed E-state index contributed by atoms with van der Waals surface area (Å²) in [6.45, 7) is 5.52.